The van der Waals surface area contributed by atoms with Crippen molar-refractivity contribution in [3.63, 3.8) is 0 Å². The van der Waals surface area contributed by atoms with E-state index in [9.17, 15) is 8.42 Å². The normalized spacial score (nSPS) is 15.3. The summed E-state index contributed by atoms with van der Waals surface area (Å²) in [7, 11) is -3.75. The zero-order chi connectivity index (χ0) is 45.0. The van der Waals surface area contributed by atoms with E-state index in [1.807, 2.05) is 12.1 Å². The summed E-state index contributed by atoms with van der Waals surface area (Å²) < 4.78 is 29.6. The minimum atomic E-state index is -3.75. The van der Waals surface area contributed by atoms with Crippen LogP contribution in [0.2, 0.25) is 0 Å². The SMILES string of the molecule is CCCCCCC1(CCCCCC)c2ccccc2-c2ccc(-c3ccc4c(c3)S(=O)(=O)c3cc(-c5ccc6c(c5)C(CCCCCC)(CCCCCC)c5ccccc5-6)ccc3-4)cc21. The molecule has 1 aliphatic heterocycles. The molecule has 0 fully saturated rings. The standard InChI is InChI=1S/C62H72O2S/c1-5-9-13-21-37-61(38-22-14-10-6-2)55-27-19-17-25-49(55)51-33-29-45(41-57(51)61)47-31-35-53-54-36-32-48(44-60(54)65(63,64)59(53)43-47)46-30-34-52-50-26-18-20-28-56(50)62(58(52)42-46,39-23-15-11-7-3)40-24-16-12-8-4/h17-20,25-36,41-44H,5-16,21-24,37-40H2,1-4H3. The molecule has 2 aliphatic carbocycles. The number of unbranched alkanes of at least 4 members (excludes halogenated alkanes) is 12. The van der Waals surface area contributed by atoms with Crippen LogP contribution in [0.1, 0.15) is 178 Å². The number of fused-ring (bicyclic) bond motifs is 9. The van der Waals surface area contributed by atoms with Crippen molar-refractivity contribution in [3.8, 4) is 55.6 Å². The Balaban J connectivity index is 1.06. The maximum absolute atomic E-state index is 14.8. The molecule has 0 saturated heterocycles. The Morgan fingerprint density at radius 3 is 0.985 bits per heavy atom. The summed E-state index contributed by atoms with van der Waals surface area (Å²) in [6.45, 7) is 9.18. The molecule has 0 unspecified atom stereocenters. The Bertz CT molecular complexity index is 2550. The van der Waals surface area contributed by atoms with Crippen molar-refractivity contribution in [1.29, 1.82) is 0 Å². The lowest BCUT2D eigenvalue weighted by atomic mass is 9.70. The third-order valence-corrected chi connectivity index (χ3v) is 17.7. The number of rotatable bonds is 22. The first-order chi connectivity index (χ1) is 31.8. The van der Waals surface area contributed by atoms with Crippen molar-refractivity contribution in [1.82, 2.24) is 0 Å². The molecular formula is C62H72O2S. The summed E-state index contributed by atoms with van der Waals surface area (Å²) in [5.41, 5.74) is 17.0. The Kier molecular flexibility index (Phi) is 13.7. The molecule has 0 bridgehead atoms. The zero-order valence-electron chi connectivity index (χ0n) is 39.9. The van der Waals surface area contributed by atoms with E-state index < -0.39 is 9.84 Å². The second kappa shape index (κ2) is 19.6. The van der Waals surface area contributed by atoms with Crippen LogP contribution in [0.15, 0.2) is 131 Å². The van der Waals surface area contributed by atoms with Gasteiger partial charge in [0.15, 0.2) is 0 Å². The van der Waals surface area contributed by atoms with Crippen LogP contribution in [0.25, 0.3) is 55.6 Å². The lowest BCUT2D eigenvalue weighted by Gasteiger charge is -2.33. The van der Waals surface area contributed by atoms with E-state index in [0.29, 0.717) is 9.79 Å². The Hall–Kier alpha value is -4.73. The fourth-order valence-corrected chi connectivity index (χ4v) is 14.2. The van der Waals surface area contributed by atoms with Crippen LogP contribution < -0.4 is 0 Å². The van der Waals surface area contributed by atoms with Crippen molar-refractivity contribution >= 4 is 9.84 Å². The summed E-state index contributed by atoms with van der Waals surface area (Å²) in [4.78, 5) is 0.859. The largest absolute Gasteiger partial charge is 0.218 e. The molecule has 0 atom stereocenters. The van der Waals surface area contributed by atoms with Crippen molar-refractivity contribution < 1.29 is 8.42 Å². The van der Waals surface area contributed by atoms with Crippen LogP contribution in [-0.2, 0) is 20.7 Å². The molecular weight excluding hydrogens is 809 g/mol. The van der Waals surface area contributed by atoms with Crippen LogP contribution in [0.3, 0.4) is 0 Å². The van der Waals surface area contributed by atoms with E-state index >= 15 is 0 Å². The van der Waals surface area contributed by atoms with E-state index in [-0.39, 0.29) is 10.8 Å². The molecule has 65 heavy (non-hydrogen) atoms. The first kappa shape index (κ1) is 45.4. The summed E-state index contributed by atoms with van der Waals surface area (Å²) in [6.07, 6.45) is 24.5. The van der Waals surface area contributed by atoms with Crippen molar-refractivity contribution in [3.05, 3.63) is 144 Å². The molecule has 0 radical (unpaired) electrons. The molecule has 0 N–H and O–H groups in total. The van der Waals surface area contributed by atoms with E-state index in [2.05, 4.69) is 137 Å². The molecule has 0 amide bonds. The first-order valence-corrected chi connectivity index (χ1v) is 27.3. The van der Waals surface area contributed by atoms with Gasteiger partial charge < -0.3 is 0 Å². The average molecular weight is 881 g/mol. The lowest BCUT2D eigenvalue weighted by Crippen LogP contribution is -2.25. The van der Waals surface area contributed by atoms with Gasteiger partial charge in [-0.2, -0.15) is 0 Å². The van der Waals surface area contributed by atoms with Crippen LogP contribution in [-0.4, -0.2) is 8.42 Å². The second-order valence-corrected chi connectivity index (χ2v) is 21.8. The number of sulfone groups is 1. The molecule has 6 aromatic carbocycles. The Morgan fingerprint density at radius 1 is 0.323 bits per heavy atom. The number of benzene rings is 6. The van der Waals surface area contributed by atoms with Crippen LogP contribution in [0, 0.1) is 0 Å². The van der Waals surface area contributed by atoms with E-state index in [4.69, 9.17) is 0 Å². The van der Waals surface area contributed by atoms with E-state index in [0.717, 1.165) is 59.1 Å². The highest BCUT2D eigenvalue weighted by Crippen LogP contribution is 2.57. The van der Waals surface area contributed by atoms with Gasteiger partial charge >= 0.3 is 0 Å². The second-order valence-electron chi connectivity index (χ2n) is 19.9. The van der Waals surface area contributed by atoms with Gasteiger partial charge in [-0.15, -0.1) is 0 Å². The van der Waals surface area contributed by atoms with Gasteiger partial charge in [0.05, 0.1) is 9.79 Å². The molecule has 2 nitrogen and oxygen atoms in total. The zero-order valence-corrected chi connectivity index (χ0v) is 40.7. The molecule has 9 rings (SSSR count). The first-order valence-electron chi connectivity index (χ1n) is 25.8. The van der Waals surface area contributed by atoms with Gasteiger partial charge in [0, 0.05) is 22.0 Å². The van der Waals surface area contributed by atoms with Crippen LogP contribution >= 0.6 is 0 Å². The Labute approximate surface area is 392 Å². The number of hydrogen-bond acceptors (Lipinski definition) is 2. The average Bonchev–Trinajstić information content (AvgIpc) is 3.86. The Morgan fingerprint density at radius 2 is 0.631 bits per heavy atom. The number of hydrogen-bond donors (Lipinski definition) is 0. The summed E-state index contributed by atoms with van der Waals surface area (Å²) in [5.74, 6) is 0. The van der Waals surface area contributed by atoms with Gasteiger partial charge in [-0.1, -0.05) is 227 Å². The maximum Gasteiger partial charge on any atom is 0.207 e. The topological polar surface area (TPSA) is 34.1 Å². The smallest absolute Gasteiger partial charge is 0.207 e. The predicted molar refractivity (Wildman–Crippen MR) is 276 cm³/mol. The summed E-state index contributed by atoms with van der Waals surface area (Å²) in [6, 6.07) is 44.6. The predicted octanol–water partition coefficient (Wildman–Crippen LogP) is 18.2. The van der Waals surface area contributed by atoms with Gasteiger partial charge in [-0.3, -0.25) is 0 Å². The van der Waals surface area contributed by atoms with Gasteiger partial charge in [-0.05, 0) is 117 Å². The molecule has 0 spiro atoms. The quantitative estimate of drug-likeness (QED) is 0.0636. The molecule has 1 heterocycles. The maximum atomic E-state index is 14.8. The van der Waals surface area contributed by atoms with Gasteiger partial charge in [0.25, 0.3) is 0 Å². The molecule has 0 aromatic heterocycles. The summed E-state index contributed by atoms with van der Waals surface area (Å²) in [5, 5.41) is 0. The third kappa shape index (κ3) is 8.28. The van der Waals surface area contributed by atoms with E-state index in [1.54, 1.807) is 0 Å². The third-order valence-electron chi connectivity index (χ3n) is 15.9. The molecule has 3 heteroatoms. The summed E-state index contributed by atoms with van der Waals surface area (Å²) >= 11 is 0. The molecule has 3 aliphatic rings. The van der Waals surface area contributed by atoms with E-state index in [1.165, 1.54) is 147 Å². The molecule has 338 valence electrons. The molecule has 0 saturated carbocycles. The monoisotopic (exact) mass is 881 g/mol. The molecule has 6 aromatic rings. The van der Waals surface area contributed by atoms with Crippen molar-refractivity contribution in [2.45, 2.75) is 177 Å². The highest BCUT2D eigenvalue weighted by molar-refractivity contribution is 7.92. The van der Waals surface area contributed by atoms with Crippen LogP contribution in [0.5, 0.6) is 0 Å². The van der Waals surface area contributed by atoms with Gasteiger partial charge in [-0.25, -0.2) is 8.42 Å². The highest BCUT2D eigenvalue weighted by Gasteiger charge is 2.44. The minimum absolute atomic E-state index is 0.0248. The van der Waals surface area contributed by atoms with Gasteiger partial charge in [0.2, 0.25) is 9.84 Å². The van der Waals surface area contributed by atoms with Crippen molar-refractivity contribution in [2.24, 2.45) is 0 Å². The van der Waals surface area contributed by atoms with Gasteiger partial charge in [0.1, 0.15) is 0 Å². The fourth-order valence-electron chi connectivity index (χ4n) is 12.4. The van der Waals surface area contributed by atoms with Crippen LogP contribution in [0.4, 0.5) is 0 Å². The minimum Gasteiger partial charge on any atom is -0.218 e. The van der Waals surface area contributed by atoms with Crippen molar-refractivity contribution in [2.75, 3.05) is 0 Å². The fraction of sp³-hybridized carbons (Fsp3) is 0.419. The highest BCUT2D eigenvalue weighted by atomic mass is 32.2. The lowest BCUT2D eigenvalue weighted by molar-refractivity contribution is 0.401.